The Morgan fingerprint density at radius 2 is 2.00 bits per heavy atom. The van der Waals surface area contributed by atoms with E-state index < -0.39 is 17.7 Å². The van der Waals surface area contributed by atoms with Gasteiger partial charge in [0.05, 0.1) is 6.04 Å². The molecule has 4 nitrogen and oxygen atoms in total. The zero-order valence-electron chi connectivity index (χ0n) is 17.7. The van der Waals surface area contributed by atoms with Gasteiger partial charge in [0.15, 0.2) is 5.78 Å². The molecular weight excluding hydrogens is 338 g/mol. The zero-order chi connectivity index (χ0) is 20.0. The topological polar surface area (TPSA) is 55.4 Å². The average Bonchev–Trinajstić information content (AvgIpc) is 3.04. The molecule has 1 saturated carbocycles. The van der Waals surface area contributed by atoms with Crippen LogP contribution in [0.25, 0.3) is 0 Å². The summed E-state index contributed by atoms with van der Waals surface area (Å²) < 4.78 is 5.25. The summed E-state index contributed by atoms with van der Waals surface area (Å²) in [5.41, 5.74) is -0.558. The van der Waals surface area contributed by atoms with Crippen molar-refractivity contribution in [3.05, 3.63) is 24.3 Å². The van der Waals surface area contributed by atoms with E-state index in [1.165, 1.54) is 19.3 Å². The van der Waals surface area contributed by atoms with Gasteiger partial charge in [0.1, 0.15) is 5.60 Å². The van der Waals surface area contributed by atoms with Crippen LogP contribution in [0.15, 0.2) is 24.3 Å². The summed E-state index contributed by atoms with van der Waals surface area (Å²) in [6.07, 6.45) is 15.1. The van der Waals surface area contributed by atoms with Crippen molar-refractivity contribution in [2.75, 3.05) is 0 Å². The second-order valence-corrected chi connectivity index (χ2v) is 9.09. The molecule has 152 valence electrons. The summed E-state index contributed by atoms with van der Waals surface area (Å²) >= 11 is 0. The first kappa shape index (κ1) is 21.7. The molecule has 0 aromatic heterocycles. The SMILES string of the molecule is CC/C=C/[C@@H]1C=C[C@@H]2CCC[C@H]2[C@@H]1CCC(=O)[C@@H](C)NC(=O)OC(C)(C)C. The van der Waals surface area contributed by atoms with E-state index in [4.69, 9.17) is 4.74 Å². The molecule has 1 amide bonds. The minimum Gasteiger partial charge on any atom is -0.444 e. The van der Waals surface area contributed by atoms with E-state index >= 15 is 0 Å². The number of amides is 1. The Balaban J connectivity index is 1.91. The quantitative estimate of drug-likeness (QED) is 0.603. The van der Waals surface area contributed by atoms with Crippen molar-refractivity contribution in [3.63, 3.8) is 0 Å². The summed E-state index contributed by atoms with van der Waals surface area (Å²) in [5, 5.41) is 2.68. The highest BCUT2D eigenvalue weighted by Gasteiger charge is 2.38. The second kappa shape index (κ2) is 9.57. The molecule has 4 heteroatoms. The molecule has 2 aliphatic carbocycles. The van der Waals surface area contributed by atoms with E-state index in [0.29, 0.717) is 30.1 Å². The molecular formula is C23H37NO3. The van der Waals surface area contributed by atoms with E-state index in [0.717, 1.165) is 12.8 Å². The molecule has 5 atom stereocenters. The smallest absolute Gasteiger partial charge is 0.408 e. The van der Waals surface area contributed by atoms with Crippen molar-refractivity contribution in [3.8, 4) is 0 Å². The molecule has 2 rings (SSSR count). The highest BCUT2D eigenvalue weighted by Crippen LogP contribution is 2.46. The number of allylic oxidation sites excluding steroid dienone is 4. The maximum absolute atomic E-state index is 12.6. The Kier molecular flexibility index (Phi) is 7.69. The number of nitrogens with one attached hydrogen (secondary N) is 1. The van der Waals surface area contributed by atoms with Crippen LogP contribution >= 0.6 is 0 Å². The van der Waals surface area contributed by atoms with Crippen LogP contribution in [0, 0.1) is 23.7 Å². The molecule has 0 bridgehead atoms. The van der Waals surface area contributed by atoms with E-state index in [1.807, 2.05) is 20.8 Å². The Morgan fingerprint density at radius 1 is 1.26 bits per heavy atom. The molecule has 0 radical (unpaired) electrons. The lowest BCUT2D eigenvalue weighted by Gasteiger charge is -2.35. The Bertz CT molecular complexity index is 573. The van der Waals surface area contributed by atoms with Crippen LogP contribution in [-0.2, 0) is 9.53 Å². The fraction of sp³-hybridized carbons (Fsp3) is 0.739. The van der Waals surface area contributed by atoms with Crippen LogP contribution in [0.3, 0.4) is 0 Å². The number of hydrogen-bond acceptors (Lipinski definition) is 3. The van der Waals surface area contributed by atoms with Crippen molar-refractivity contribution >= 4 is 11.9 Å². The summed E-state index contributed by atoms with van der Waals surface area (Å²) in [6, 6.07) is -0.511. The standard InChI is InChI=1S/C23H37NO3/c1-6-7-9-17-12-13-18-10-8-11-19(18)20(17)14-15-21(25)16(2)24-22(26)27-23(3,4)5/h7,9,12-13,16-20H,6,8,10-11,14-15H2,1-5H3,(H,24,26)/b9-7+/t16-,17-,18+,19-,20-/m1/s1. The first-order valence-electron chi connectivity index (χ1n) is 10.6. The van der Waals surface area contributed by atoms with Crippen molar-refractivity contribution in [2.24, 2.45) is 23.7 Å². The van der Waals surface area contributed by atoms with Gasteiger partial charge in [-0.2, -0.15) is 0 Å². The van der Waals surface area contributed by atoms with Gasteiger partial charge in [0.2, 0.25) is 0 Å². The molecule has 27 heavy (non-hydrogen) atoms. The van der Waals surface area contributed by atoms with Gasteiger partial charge in [-0.3, -0.25) is 4.79 Å². The lowest BCUT2D eigenvalue weighted by atomic mass is 9.69. The predicted octanol–water partition coefficient (Wildman–Crippen LogP) is 5.43. The molecule has 0 heterocycles. The van der Waals surface area contributed by atoms with Crippen LogP contribution in [0.5, 0.6) is 0 Å². The fourth-order valence-electron chi connectivity index (χ4n) is 4.48. The molecule has 1 fully saturated rings. The number of Topliss-reactive ketones (excluding diaryl/α,β-unsaturated/α-hetero) is 1. The van der Waals surface area contributed by atoms with Gasteiger partial charge >= 0.3 is 6.09 Å². The third-order valence-electron chi connectivity index (χ3n) is 5.78. The molecule has 1 N–H and O–H groups in total. The first-order valence-corrected chi connectivity index (χ1v) is 10.6. The number of ketones is 1. The Hall–Kier alpha value is -1.58. The van der Waals surface area contributed by atoms with Gasteiger partial charge in [-0.15, -0.1) is 0 Å². The monoisotopic (exact) mass is 375 g/mol. The summed E-state index contributed by atoms with van der Waals surface area (Å²) in [4.78, 5) is 24.5. The minimum atomic E-state index is -0.558. The predicted molar refractivity (Wildman–Crippen MR) is 109 cm³/mol. The van der Waals surface area contributed by atoms with Crippen molar-refractivity contribution in [1.29, 1.82) is 0 Å². The van der Waals surface area contributed by atoms with Gasteiger partial charge in [-0.25, -0.2) is 4.79 Å². The van der Waals surface area contributed by atoms with Crippen LogP contribution in [-0.4, -0.2) is 23.5 Å². The highest BCUT2D eigenvalue weighted by atomic mass is 16.6. The van der Waals surface area contributed by atoms with Gasteiger partial charge in [-0.1, -0.05) is 37.6 Å². The zero-order valence-corrected chi connectivity index (χ0v) is 17.7. The lowest BCUT2D eigenvalue weighted by Crippen LogP contribution is -2.42. The molecule has 2 aliphatic rings. The summed E-state index contributed by atoms with van der Waals surface area (Å²) in [7, 11) is 0. The Labute approximate surface area is 164 Å². The van der Waals surface area contributed by atoms with Gasteiger partial charge in [0, 0.05) is 6.42 Å². The Morgan fingerprint density at radius 3 is 2.67 bits per heavy atom. The minimum absolute atomic E-state index is 0.0863. The van der Waals surface area contributed by atoms with Crippen LogP contribution < -0.4 is 5.32 Å². The molecule has 0 spiro atoms. The number of carbonyl (C=O) groups is 2. The largest absolute Gasteiger partial charge is 0.444 e. The fourth-order valence-corrected chi connectivity index (χ4v) is 4.48. The van der Waals surface area contributed by atoms with Crippen LogP contribution in [0.4, 0.5) is 4.79 Å². The number of carbonyl (C=O) groups excluding carboxylic acids is 2. The van der Waals surface area contributed by atoms with Crippen LogP contribution in [0.1, 0.15) is 73.1 Å². The molecule has 0 aromatic carbocycles. The number of alkyl carbamates (subject to hydrolysis) is 1. The lowest BCUT2D eigenvalue weighted by molar-refractivity contribution is -0.121. The van der Waals surface area contributed by atoms with Gasteiger partial charge < -0.3 is 10.1 Å². The second-order valence-electron chi connectivity index (χ2n) is 9.09. The molecule has 0 aromatic rings. The third-order valence-corrected chi connectivity index (χ3v) is 5.78. The average molecular weight is 376 g/mol. The number of ether oxygens (including phenoxy) is 1. The van der Waals surface area contributed by atoms with E-state index in [9.17, 15) is 9.59 Å². The van der Waals surface area contributed by atoms with Gasteiger partial charge in [-0.05, 0) is 77.0 Å². The van der Waals surface area contributed by atoms with Crippen molar-refractivity contribution in [2.45, 2.75) is 84.8 Å². The molecule has 0 saturated heterocycles. The number of fused-ring (bicyclic) bond motifs is 1. The van der Waals surface area contributed by atoms with E-state index in [2.05, 4.69) is 36.5 Å². The van der Waals surface area contributed by atoms with Crippen molar-refractivity contribution in [1.82, 2.24) is 5.32 Å². The molecule has 0 unspecified atom stereocenters. The van der Waals surface area contributed by atoms with E-state index in [1.54, 1.807) is 6.92 Å². The summed E-state index contributed by atoms with van der Waals surface area (Å²) in [6.45, 7) is 9.36. The number of hydrogen-bond donors (Lipinski definition) is 1. The maximum Gasteiger partial charge on any atom is 0.408 e. The number of rotatable bonds is 7. The summed E-state index contributed by atoms with van der Waals surface area (Å²) in [5.74, 6) is 2.44. The van der Waals surface area contributed by atoms with Crippen LogP contribution in [0.2, 0.25) is 0 Å². The normalized spacial score (nSPS) is 28.8. The first-order chi connectivity index (χ1) is 12.7. The molecule has 0 aliphatic heterocycles. The maximum atomic E-state index is 12.6. The van der Waals surface area contributed by atoms with Crippen molar-refractivity contribution < 1.29 is 14.3 Å². The highest BCUT2D eigenvalue weighted by molar-refractivity contribution is 5.87. The third kappa shape index (κ3) is 6.51. The van der Waals surface area contributed by atoms with Gasteiger partial charge in [0.25, 0.3) is 0 Å². The van der Waals surface area contributed by atoms with E-state index in [-0.39, 0.29) is 5.78 Å².